The van der Waals surface area contributed by atoms with Crippen LogP contribution >= 0.6 is 0 Å². The lowest BCUT2D eigenvalue weighted by Crippen LogP contribution is -2.42. The number of rotatable bonds is 6. The largest absolute Gasteiger partial charge is 0.493 e. The second kappa shape index (κ2) is 8.62. The molecule has 0 unspecified atom stereocenters. The molecule has 0 spiro atoms. The molecule has 0 saturated carbocycles. The van der Waals surface area contributed by atoms with E-state index in [9.17, 15) is 0 Å². The Morgan fingerprint density at radius 1 is 1.33 bits per heavy atom. The van der Waals surface area contributed by atoms with Crippen LogP contribution in [0.3, 0.4) is 0 Å². The Morgan fingerprint density at radius 3 is 2.62 bits per heavy atom. The maximum absolute atomic E-state index is 6.17. The molecular weight excluding hydrogens is 302 g/mol. The third-order valence-electron chi connectivity index (χ3n) is 4.51. The smallest absolute Gasteiger partial charge is 0.191 e. The number of piperidine rings is 1. The summed E-state index contributed by atoms with van der Waals surface area (Å²) in [7, 11) is 3.30. The van der Waals surface area contributed by atoms with Crippen LogP contribution in [0.25, 0.3) is 0 Å². The van der Waals surface area contributed by atoms with Gasteiger partial charge in [0, 0.05) is 18.7 Å². The fourth-order valence-corrected chi connectivity index (χ4v) is 3.01. The average Bonchev–Trinajstić information content (AvgIpc) is 2.60. The van der Waals surface area contributed by atoms with Crippen molar-refractivity contribution in [2.45, 2.75) is 32.7 Å². The van der Waals surface area contributed by atoms with Crippen LogP contribution in [-0.2, 0) is 13.0 Å². The number of nitrogens with zero attached hydrogens (tertiary/aromatic N) is 2. The molecule has 1 heterocycles. The van der Waals surface area contributed by atoms with Gasteiger partial charge in [-0.2, -0.15) is 0 Å². The normalized spacial score (nSPS) is 16.1. The minimum atomic E-state index is 0.530. The summed E-state index contributed by atoms with van der Waals surface area (Å²) in [5.74, 6) is 2.87. The second-order valence-electron chi connectivity index (χ2n) is 6.33. The number of nitrogens with two attached hydrogens (primary N) is 1. The molecule has 0 radical (unpaired) electrons. The van der Waals surface area contributed by atoms with Crippen molar-refractivity contribution in [2.75, 3.05) is 27.3 Å². The van der Waals surface area contributed by atoms with Crippen LogP contribution in [0.5, 0.6) is 11.5 Å². The zero-order valence-electron chi connectivity index (χ0n) is 15.0. The van der Waals surface area contributed by atoms with Gasteiger partial charge in [0.15, 0.2) is 17.5 Å². The van der Waals surface area contributed by atoms with Gasteiger partial charge >= 0.3 is 0 Å². The Balaban J connectivity index is 2.15. The van der Waals surface area contributed by atoms with Crippen molar-refractivity contribution >= 4 is 5.96 Å². The molecule has 0 amide bonds. The number of allylic oxidation sites excluding steroid dienone is 1. The highest BCUT2D eigenvalue weighted by Crippen LogP contribution is 2.33. The molecule has 1 fully saturated rings. The Hall–Kier alpha value is -2.17. The lowest BCUT2D eigenvalue weighted by molar-refractivity contribution is 0.277. The quantitative estimate of drug-likeness (QED) is 0.494. The number of aliphatic imine (C=N–C) groups is 1. The number of methoxy groups -OCH3 is 2. The highest BCUT2D eigenvalue weighted by atomic mass is 16.5. The van der Waals surface area contributed by atoms with Gasteiger partial charge in [-0.05, 0) is 42.9 Å². The van der Waals surface area contributed by atoms with Crippen molar-refractivity contribution < 1.29 is 9.47 Å². The molecule has 0 atom stereocenters. The fraction of sp³-hybridized carbons (Fsp3) is 0.526. The molecule has 2 rings (SSSR count). The molecule has 132 valence electrons. The SMILES string of the molecule is C=CCc1cc(CN=C(N)N2CCC(C)CC2)cc(OC)c1OC. The first-order chi connectivity index (χ1) is 11.6. The molecule has 5 heteroatoms. The van der Waals surface area contributed by atoms with Crippen LogP contribution in [-0.4, -0.2) is 38.2 Å². The minimum Gasteiger partial charge on any atom is -0.493 e. The number of likely N-dealkylation sites (tertiary alicyclic amines) is 1. The van der Waals surface area contributed by atoms with E-state index in [-0.39, 0.29) is 0 Å². The molecule has 24 heavy (non-hydrogen) atoms. The Labute approximate surface area is 145 Å². The average molecular weight is 331 g/mol. The summed E-state index contributed by atoms with van der Waals surface area (Å²) in [5.41, 5.74) is 8.27. The van der Waals surface area contributed by atoms with Crippen LogP contribution in [0.4, 0.5) is 0 Å². The third-order valence-corrected chi connectivity index (χ3v) is 4.51. The maximum Gasteiger partial charge on any atom is 0.191 e. The van der Waals surface area contributed by atoms with Gasteiger partial charge in [0.05, 0.1) is 20.8 Å². The number of hydrogen-bond acceptors (Lipinski definition) is 3. The number of ether oxygens (including phenoxy) is 2. The molecule has 0 bridgehead atoms. The lowest BCUT2D eigenvalue weighted by atomic mass is 10.00. The molecule has 1 saturated heterocycles. The van der Waals surface area contributed by atoms with E-state index >= 15 is 0 Å². The van der Waals surface area contributed by atoms with Gasteiger partial charge in [-0.25, -0.2) is 4.99 Å². The van der Waals surface area contributed by atoms with Gasteiger partial charge in [-0.3, -0.25) is 0 Å². The summed E-state index contributed by atoms with van der Waals surface area (Å²) in [6.07, 6.45) is 4.93. The second-order valence-corrected chi connectivity index (χ2v) is 6.33. The topological polar surface area (TPSA) is 60.1 Å². The van der Waals surface area contributed by atoms with Crippen LogP contribution in [0.1, 0.15) is 30.9 Å². The Bertz CT molecular complexity index is 591. The molecular formula is C19H29N3O2. The van der Waals surface area contributed by atoms with E-state index in [4.69, 9.17) is 15.2 Å². The molecule has 0 aromatic heterocycles. The van der Waals surface area contributed by atoms with Crippen LogP contribution in [0, 0.1) is 5.92 Å². The molecule has 1 aromatic rings. The number of guanidine groups is 1. The van der Waals surface area contributed by atoms with Gasteiger partial charge in [0.1, 0.15) is 0 Å². The predicted octanol–water partition coefficient (Wildman–Crippen LogP) is 2.98. The highest BCUT2D eigenvalue weighted by Gasteiger charge is 2.17. The first kappa shape index (κ1) is 18.2. The highest BCUT2D eigenvalue weighted by molar-refractivity contribution is 5.78. The zero-order chi connectivity index (χ0) is 17.5. The third kappa shape index (κ3) is 4.43. The summed E-state index contributed by atoms with van der Waals surface area (Å²) in [6, 6.07) is 4.04. The summed E-state index contributed by atoms with van der Waals surface area (Å²) in [6.45, 7) is 8.61. The van der Waals surface area contributed by atoms with Crippen molar-refractivity contribution in [2.24, 2.45) is 16.6 Å². The van der Waals surface area contributed by atoms with E-state index < -0.39 is 0 Å². The maximum atomic E-state index is 6.17. The predicted molar refractivity (Wildman–Crippen MR) is 98.7 cm³/mol. The molecule has 0 aliphatic carbocycles. The fourth-order valence-electron chi connectivity index (χ4n) is 3.01. The molecule has 1 aromatic carbocycles. The minimum absolute atomic E-state index is 0.530. The van der Waals surface area contributed by atoms with E-state index in [1.54, 1.807) is 14.2 Å². The zero-order valence-corrected chi connectivity index (χ0v) is 15.0. The van der Waals surface area contributed by atoms with Gasteiger partial charge in [-0.15, -0.1) is 6.58 Å². The molecule has 2 N–H and O–H groups in total. The summed E-state index contributed by atoms with van der Waals surface area (Å²) < 4.78 is 10.9. The van der Waals surface area contributed by atoms with Crippen molar-refractivity contribution in [1.29, 1.82) is 0 Å². The van der Waals surface area contributed by atoms with E-state index in [1.807, 2.05) is 12.1 Å². The molecule has 1 aliphatic rings. The summed E-state index contributed by atoms with van der Waals surface area (Å²) >= 11 is 0. The first-order valence-corrected chi connectivity index (χ1v) is 8.48. The van der Waals surface area contributed by atoms with Gasteiger partial charge in [0.2, 0.25) is 0 Å². The van der Waals surface area contributed by atoms with Crippen molar-refractivity contribution in [1.82, 2.24) is 4.90 Å². The first-order valence-electron chi connectivity index (χ1n) is 8.48. The van der Waals surface area contributed by atoms with Crippen LogP contribution in [0.15, 0.2) is 29.8 Å². The molecule has 5 nitrogen and oxygen atoms in total. The summed E-state index contributed by atoms with van der Waals surface area (Å²) in [4.78, 5) is 6.75. The molecule has 1 aliphatic heterocycles. The lowest BCUT2D eigenvalue weighted by Gasteiger charge is -2.31. The van der Waals surface area contributed by atoms with E-state index in [0.29, 0.717) is 18.3 Å². The van der Waals surface area contributed by atoms with Crippen molar-refractivity contribution in [3.63, 3.8) is 0 Å². The van der Waals surface area contributed by atoms with E-state index in [2.05, 4.69) is 29.5 Å². The van der Waals surface area contributed by atoms with Crippen LogP contribution < -0.4 is 15.2 Å². The standard InChI is InChI=1S/C19H29N3O2/c1-5-6-16-11-15(12-17(23-3)18(16)24-4)13-21-19(20)22-9-7-14(2)8-10-22/h5,11-12,14H,1,6-10,13H2,2-4H3,(H2,20,21). The monoisotopic (exact) mass is 331 g/mol. The number of benzene rings is 1. The van der Waals surface area contributed by atoms with Crippen LogP contribution in [0.2, 0.25) is 0 Å². The van der Waals surface area contributed by atoms with E-state index in [0.717, 1.165) is 42.3 Å². The van der Waals surface area contributed by atoms with Crippen molar-refractivity contribution in [3.8, 4) is 11.5 Å². The Kier molecular flexibility index (Phi) is 6.53. The number of hydrogen-bond donors (Lipinski definition) is 1. The van der Waals surface area contributed by atoms with Gasteiger partial charge in [0.25, 0.3) is 0 Å². The van der Waals surface area contributed by atoms with Gasteiger partial charge in [-0.1, -0.05) is 13.0 Å². The summed E-state index contributed by atoms with van der Waals surface area (Å²) in [5, 5.41) is 0. The van der Waals surface area contributed by atoms with E-state index in [1.165, 1.54) is 12.8 Å². The van der Waals surface area contributed by atoms with Crippen molar-refractivity contribution in [3.05, 3.63) is 35.9 Å². The Morgan fingerprint density at radius 2 is 2.04 bits per heavy atom. The van der Waals surface area contributed by atoms with Gasteiger partial charge < -0.3 is 20.1 Å².